The SMILES string of the molecule is CCCCC/C=C\C/C=C\CCCCCCCCOCC(CN(C)C)OC(CCC)O[C@H]1CC[C@@]2(C)C(=CC[C@H]3[C@@H]4CC[C@H]([C@H](C)CCCC(C)C)[C@@]4(C)CC[C@@H]32)C1. The second kappa shape index (κ2) is 26.5. The highest BCUT2D eigenvalue weighted by Gasteiger charge is 2.59. The standard InChI is InChI=1S/C54H97NO3/c1-10-12-13-14-15-16-17-18-19-20-21-22-23-24-25-26-39-56-42-47(41-55(8)9)58-52(28-11-2)57-46-35-37-53(6)45(40-46)31-32-48-50-34-33-49(44(5)30-27-29-43(3)4)54(50,7)38-36-51(48)53/h15-16,18-19,31,43-44,46-52H,10-14,17,20-30,32-42H2,1-9H3/b16-15-,19-18-/t44-,46+,47?,48+,49-,50+,51+,52?,53+,54-/m1/s1. The van der Waals surface area contributed by atoms with E-state index >= 15 is 0 Å². The average Bonchev–Trinajstić information content (AvgIpc) is 3.54. The van der Waals surface area contributed by atoms with E-state index in [1.165, 1.54) is 128 Å². The van der Waals surface area contributed by atoms with Gasteiger partial charge in [0.15, 0.2) is 6.29 Å². The van der Waals surface area contributed by atoms with E-state index in [1.807, 2.05) is 0 Å². The summed E-state index contributed by atoms with van der Waals surface area (Å²) in [4.78, 5) is 2.24. The molecule has 0 saturated heterocycles. The van der Waals surface area contributed by atoms with Crippen LogP contribution in [0.15, 0.2) is 36.0 Å². The molecule has 3 saturated carbocycles. The molecule has 3 fully saturated rings. The molecule has 0 aliphatic heterocycles. The van der Waals surface area contributed by atoms with E-state index in [4.69, 9.17) is 14.2 Å². The minimum Gasteiger partial charge on any atom is -0.379 e. The van der Waals surface area contributed by atoms with Crippen LogP contribution < -0.4 is 0 Å². The zero-order valence-corrected chi connectivity index (χ0v) is 40.1. The molecule has 4 heteroatoms. The number of likely N-dealkylation sites (N-methyl/N-ethyl adjacent to an activating group) is 1. The molecular formula is C54H97NO3. The number of nitrogens with zero attached hydrogens (tertiary/aromatic N) is 1. The van der Waals surface area contributed by atoms with Gasteiger partial charge in [0, 0.05) is 13.2 Å². The van der Waals surface area contributed by atoms with E-state index in [-0.39, 0.29) is 18.5 Å². The topological polar surface area (TPSA) is 30.9 Å². The lowest BCUT2D eigenvalue weighted by Crippen LogP contribution is -2.51. The van der Waals surface area contributed by atoms with Crippen LogP contribution in [0.1, 0.15) is 209 Å². The Bertz CT molecular complexity index is 1190. The molecular weight excluding hydrogens is 711 g/mol. The van der Waals surface area contributed by atoms with Crippen molar-refractivity contribution in [3.05, 3.63) is 36.0 Å². The van der Waals surface area contributed by atoms with Gasteiger partial charge in [-0.15, -0.1) is 0 Å². The maximum Gasteiger partial charge on any atom is 0.158 e. The van der Waals surface area contributed by atoms with Gasteiger partial charge in [0.1, 0.15) is 0 Å². The second-order valence-corrected chi connectivity index (χ2v) is 21.2. The van der Waals surface area contributed by atoms with Gasteiger partial charge in [-0.05, 0) is 157 Å². The number of allylic oxidation sites excluding steroid dienone is 5. The Labute approximate surface area is 361 Å². The monoisotopic (exact) mass is 808 g/mol. The number of rotatable bonds is 30. The Hall–Kier alpha value is -0.940. The average molecular weight is 808 g/mol. The Morgan fingerprint density at radius 1 is 0.759 bits per heavy atom. The minimum absolute atomic E-state index is 0.0318. The highest BCUT2D eigenvalue weighted by Crippen LogP contribution is 2.67. The van der Waals surface area contributed by atoms with Crippen LogP contribution in [0.4, 0.5) is 0 Å². The van der Waals surface area contributed by atoms with Crippen molar-refractivity contribution in [3.63, 3.8) is 0 Å². The largest absolute Gasteiger partial charge is 0.379 e. The van der Waals surface area contributed by atoms with Crippen LogP contribution in [0.25, 0.3) is 0 Å². The van der Waals surface area contributed by atoms with Gasteiger partial charge in [-0.2, -0.15) is 0 Å². The second-order valence-electron chi connectivity index (χ2n) is 21.2. The van der Waals surface area contributed by atoms with Gasteiger partial charge >= 0.3 is 0 Å². The third-order valence-corrected chi connectivity index (χ3v) is 15.8. The van der Waals surface area contributed by atoms with Crippen molar-refractivity contribution in [2.45, 2.75) is 227 Å². The first-order chi connectivity index (χ1) is 28.0. The van der Waals surface area contributed by atoms with Gasteiger partial charge in [-0.1, -0.05) is 149 Å². The zero-order valence-electron chi connectivity index (χ0n) is 40.1. The molecule has 0 aromatic carbocycles. The smallest absolute Gasteiger partial charge is 0.158 e. The van der Waals surface area contributed by atoms with Crippen LogP contribution >= 0.6 is 0 Å². The fourth-order valence-corrected chi connectivity index (χ4v) is 12.6. The van der Waals surface area contributed by atoms with Gasteiger partial charge in [0.25, 0.3) is 0 Å². The van der Waals surface area contributed by atoms with E-state index in [0.29, 0.717) is 17.4 Å². The summed E-state index contributed by atoms with van der Waals surface area (Å²) in [6.45, 7) is 19.7. The summed E-state index contributed by atoms with van der Waals surface area (Å²) >= 11 is 0. The number of ether oxygens (including phenoxy) is 3. The van der Waals surface area contributed by atoms with E-state index in [2.05, 4.69) is 97.8 Å². The highest BCUT2D eigenvalue weighted by atomic mass is 16.7. The maximum atomic E-state index is 6.94. The lowest BCUT2D eigenvalue weighted by molar-refractivity contribution is -0.213. The molecule has 0 heterocycles. The first-order valence-electron chi connectivity index (χ1n) is 25.5. The third kappa shape index (κ3) is 15.4. The van der Waals surface area contributed by atoms with Crippen molar-refractivity contribution < 1.29 is 14.2 Å². The highest BCUT2D eigenvalue weighted by molar-refractivity contribution is 5.25. The molecule has 4 rings (SSSR count). The number of fused-ring (bicyclic) bond motifs is 5. The molecule has 0 N–H and O–H groups in total. The van der Waals surface area contributed by atoms with Crippen LogP contribution in [0, 0.1) is 46.3 Å². The fourth-order valence-electron chi connectivity index (χ4n) is 12.6. The van der Waals surface area contributed by atoms with Gasteiger partial charge in [-0.25, -0.2) is 0 Å². The molecule has 2 unspecified atom stereocenters. The van der Waals surface area contributed by atoms with Crippen LogP contribution in [0.3, 0.4) is 0 Å². The zero-order chi connectivity index (χ0) is 41.8. The lowest BCUT2D eigenvalue weighted by Gasteiger charge is -2.58. The van der Waals surface area contributed by atoms with Crippen LogP contribution in [-0.4, -0.2) is 57.3 Å². The van der Waals surface area contributed by atoms with Gasteiger partial charge in [0.2, 0.25) is 0 Å². The molecule has 10 atom stereocenters. The molecule has 4 nitrogen and oxygen atoms in total. The predicted molar refractivity (Wildman–Crippen MR) is 250 cm³/mol. The molecule has 58 heavy (non-hydrogen) atoms. The van der Waals surface area contributed by atoms with Crippen LogP contribution in [0.5, 0.6) is 0 Å². The molecule has 0 spiro atoms. The molecule has 0 aromatic heterocycles. The summed E-state index contributed by atoms with van der Waals surface area (Å²) in [5.74, 6) is 5.31. The summed E-state index contributed by atoms with van der Waals surface area (Å²) in [5.41, 5.74) is 2.64. The van der Waals surface area contributed by atoms with Gasteiger partial charge < -0.3 is 19.1 Å². The Kier molecular flexibility index (Phi) is 22.7. The quantitative estimate of drug-likeness (QED) is 0.0411. The summed E-state index contributed by atoms with van der Waals surface area (Å²) in [6, 6.07) is 0. The van der Waals surface area contributed by atoms with Crippen molar-refractivity contribution in [1.29, 1.82) is 0 Å². The van der Waals surface area contributed by atoms with E-state index in [1.54, 1.807) is 5.57 Å². The van der Waals surface area contributed by atoms with E-state index < -0.39 is 0 Å². The fraction of sp³-hybridized carbons (Fsp3) is 0.889. The molecule has 336 valence electrons. The number of hydrogen-bond acceptors (Lipinski definition) is 4. The van der Waals surface area contributed by atoms with Crippen molar-refractivity contribution in [2.75, 3.05) is 33.9 Å². The van der Waals surface area contributed by atoms with Gasteiger partial charge in [-0.3, -0.25) is 0 Å². The van der Waals surface area contributed by atoms with E-state index in [9.17, 15) is 0 Å². The van der Waals surface area contributed by atoms with Gasteiger partial charge in [0.05, 0.1) is 18.8 Å². The van der Waals surface area contributed by atoms with Crippen molar-refractivity contribution >= 4 is 0 Å². The number of hydrogen-bond donors (Lipinski definition) is 0. The molecule has 4 aliphatic carbocycles. The van der Waals surface area contributed by atoms with Crippen LogP contribution in [0.2, 0.25) is 0 Å². The predicted octanol–water partition coefficient (Wildman–Crippen LogP) is 15.3. The first-order valence-corrected chi connectivity index (χ1v) is 25.5. The molecule has 0 amide bonds. The normalized spacial score (nSPS) is 30.2. The summed E-state index contributed by atoms with van der Waals surface area (Å²) in [7, 11) is 4.29. The Morgan fingerprint density at radius 2 is 1.48 bits per heavy atom. The molecule has 4 aliphatic rings. The number of unbranched alkanes of at least 4 members (excludes halogenated alkanes) is 9. The molecule has 0 radical (unpaired) electrons. The van der Waals surface area contributed by atoms with Crippen molar-refractivity contribution in [1.82, 2.24) is 4.90 Å². The van der Waals surface area contributed by atoms with Crippen molar-refractivity contribution in [3.8, 4) is 0 Å². The minimum atomic E-state index is -0.153. The van der Waals surface area contributed by atoms with Crippen LogP contribution in [-0.2, 0) is 14.2 Å². The Morgan fingerprint density at radius 3 is 2.19 bits per heavy atom. The summed E-state index contributed by atoms with van der Waals surface area (Å²) in [6.07, 6.45) is 44.5. The molecule has 0 bridgehead atoms. The first kappa shape index (κ1) is 49.7. The summed E-state index contributed by atoms with van der Waals surface area (Å²) in [5, 5.41) is 0. The summed E-state index contributed by atoms with van der Waals surface area (Å²) < 4.78 is 20.0. The van der Waals surface area contributed by atoms with E-state index in [0.717, 1.165) is 80.8 Å². The Balaban J connectivity index is 1.16. The molecule has 0 aromatic rings. The third-order valence-electron chi connectivity index (χ3n) is 15.8. The lowest BCUT2D eigenvalue weighted by atomic mass is 9.47. The maximum absolute atomic E-state index is 6.94. The van der Waals surface area contributed by atoms with Crippen molar-refractivity contribution in [2.24, 2.45) is 46.3 Å².